The number of ether oxygens (including phenoxy) is 2. The molecule has 0 saturated heterocycles. The number of nitrogens with one attached hydrogen (secondary N) is 1. The maximum atomic E-state index is 12.7. The van der Waals surface area contributed by atoms with Crippen LogP contribution in [-0.4, -0.2) is 42.6 Å². The fourth-order valence-electron chi connectivity index (χ4n) is 4.59. The summed E-state index contributed by atoms with van der Waals surface area (Å²) in [5.41, 5.74) is 2.55. The lowest BCUT2D eigenvalue weighted by atomic mass is 9.93. The van der Waals surface area contributed by atoms with E-state index in [9.17, 15) is 14.7 Å². The Morgan fingerprint density at radius 3 is 2.41 bits per heavy atom. The van der Waals surface area contributed by atoms with Crippen LogP contribution in [0.2, 0.25) is 0 Å². The number of nitrogens with zero attached hydrogens (tertiary/aromatic N) is 1. The Labute approximate surface area is 201 Å². The van der Waals surface area contributed by atoms with E-state index in [1.54, 1.807) is 0 Å². The van der Waals surface area contributed by atoms with Gasteiger partial charge >= 0.3 is 12.1 Å². The average Bonchev–Trinajstić information content (AvgIpc) is 3.26. The summed E-state index contributed by atoms with van der Waals surface area (Å²) in [6.07, 6.45) is 2.40. The normalized spacial score (nSPS) is 20.6. The van der Waals surface area contributed by atoms with Crippen molar-refractivity contribution in [3.63, 3.8) is 0 Å². The zero-order chi connectivity index (χ0) is 24.3. The molecule has 2 N–H and O–H groups in total. The zero-order valence-electron chi connectivity index (χ0n) is 19.9. The highest BCUT2D eigenvalue weighted by molar-refractivity contribution is 5.97. The number of aliphatic imine (C=N–C) groups is 1. The quantitative estimate of drug-likeness (QED) is 0.502. The van der Waals surface area contributed by atoms with Gasteiger partial charge < -0.3 is 14.6 Å². The topological polar surface area (TPSA) is 97.2 Å². The van der Waals surface area contributed by atoms with Gasteiger partial charge in [0, 0.05) is 5.71 Å². The highest BCUT2D eigenvalue weighted by Gasteiger charge is 2.40. The number of methoxy groups -OCH3 is 1. The molecule has 3 rings (SSSR count). The standard InChI is InChI=1S/C27H34N2O5/c1-3-10-21-15-22(16-23(21)29-27(32)34-18-19-11-6-4-7-12-19)25(26(31)33-2)28-24(17-30)20-13-8-5-9-14-20/h4-9,11-14,21-22,24-25,28,30H,3,10,15-18H2,1-2H3/b29-23-/t21?,22?,24-,25-/m0/s1. The van der Waals surface area contributed by atoms with Gasteiger partial charge in [0.15, 0.2) is 0 Å². The lowest BCUT2D eigenvalue weighted by molar-refractivity contribution is -0.145. The van der Waals surface area contributed by atoms with E-state index in [-0.39, 0.29) is 31.0 Å². The third-order valence-electron chi connectivity index (χ3n) is 6.30. The molecule has 0 aliphatic heterocycles. The number of benzene rings is 2. The zero-order valence-corrected chi connectivity index (χ0v) is 19.9. The van der Waals surface area contributed by atoms with Crippen LogP contribution in [0.1, 0.15) is 49.8 Å². The summed E-state index contributed by atoms with van der Waals surface area (Å²) in [7, 11) is 1.36. The third kappa shape index (κ3) is 6.98. The van der Waals surface area contributed by atoms with Gasteiger partial charge in [-0.2, -0.15) is 4.99 Å². The van der Waals surface area contributed by atoms with Gasteiger partial charge in [-0.15, -0.1) is 0 Å². The van der Waals surface area contributed by atoms with E-state index in [0.29, 0.717) is 12.8 Å². The molecular weight excluding hydrogens is 432 g/mol. The molecule has 1 aliphatic carbocycles. The van der Waals surface area contributed by atoms with E-state index in [1.807, 2.05) is 60.7 Å². The number of hydrogen-bond donors (Lipinski definition) is 2. The molecule has 2 aromatic rings. The van der Waals surface area contributed by atoms with Gasteiger partial charge in [-0.25, -0.2) is 4.79 Å². The van der Waals surface area contributed by atoms with Crippen molar-refractivity contribution in [1.29, 1.82) is 0 Å². The maximum Gasteiger partial charge on any atom is 0.433 e. The largest absolute Gasteiger partial charge is 0.468 e. The summed E-state index contributed by atoms with van der Waals surface area (Å²) in [6.45, 7) is 2.10. The van der Waals surface area contributed by atoms with Crippen LogP contribution < -0.4 is 5.32 Å². The van der Waals surface area contributed by atoms with E-state index < -0.39 is 18.2 Å². The predicted molar refractivity (Wildman–Crippen MR) is 130 cm³/mol. The number of aliphatic hydroxyl groups is 1. The first-order valence-corrected chi connectivity index (χ1v) is 11.8. The molecule has 0 aromatic heterocycles. The minimum absolute atomic E-state index is 0.0949. The lowest BCUT2D eigenvalue weighted by Crippen LogP contribution is -2.45. The number of amides is 1. The van der Waals surface area contributed by atoms with E-state index in [0.717, 1.165) is 29.7 Å². The molecule has 4 atom stereocenters. The van der Waals surface area contributed by atoms with E-state index in [1.165, 1.54) is 7.11 Å². The van der Waals surface area contributed by atoms with Crippen molar-refractivity contribution in [3.05, 3.63) is 71.8 Å². The minimum Gasteiger partial charge on any atom is -0.468 e. The second-order valence-electron chi connectivity index (χ2n) is 8.64. The van der Waals surface area contributed by atoms with Crippen LogP contribution in [0.25, 0.3) is 0 Å². The molecular formula is C27H34N2O5. The van der Waals surface area contributed by atoms with Gasteiger partial charge in [0.1, 0.15) is 12.6 Å². The van der Waals surface area contributed by atoms with Gasteiger partial charge in [-0.3, -0.25) is 10.1 Å². The first-order valence-electron chi connectivity index (χ1n) is 11.8. The van der Waals surface area contributed by atoms with E-state index >= 15 is 0 Å². The summed E-state index contributed by atoms with van der Waals surface area (Å²) < 4.78 is 10.4. The van der Waals surface area contributed by atoms with E-state index in [4.69, 9.17) is 9.47 Å². The highest BCUT2D eigenvalue weighted by Crippen LogP contribution is 2.35. The molecule has 0 spiro atoms. The molecule has 182 valence electrons. The molecule has 0 bridgehead atoms. The summed E-state index contributed by atoms with van der Waals surface area (Å²) in [5.74, 6) is -0.400. The van der Waals surface area contributed by atoms with Crippen molar-refractivity contribution in [2.24, 2.45) is 16.8 Å². The minimum atomic E-state index is -0.630. The monoisotopic (exact) mass is 466 g/mol. The Hall–Kier alpha value is -3.03. The lowest BCUT2D eigenvalue weighted by Gasteiger charge is -2.27. The molecule has 34 heavy (non-hydrogen) atoms. The molecule has 7 nitrogen and oxygen atoms in total. The molecule has 2 aromatic carbocycles. The third-order valence-corrected chi connectivity index (χ3v) is 6.30. The molecule has 2 unspecified atom stereocenters. The van der Waals surface area contributed by atoms with Gasteiger partial charge in [0.25, 0.3) is 0 Å². The predicted octanol–water partition coefficient (Wildman–Crippen LogP) is 4.46. The molecule has 1 fully saturated rings. The smallest absolute Gasteiger partial charge is 0.433 e. The van der Waals surface area contributed by atoms with Gasteiger partial charge in [-0.1, -0.05) is 74.0 Å². The Kier molecular flexibility index (Phi) is 9.79. The van der Waals surface area contributed by atoms with Gasteiger partial charge in [0.05, 0.1) is 19.8 Å². The molecule has 1 amide bonds. The Morgan fingerprint density at radius 1 is 1.12 bits per heavy atom. The van der Waals surface area contributed by atoms with Crippen LogP contribution in [0.15, 0.2) is 65.7 Å². The number of carbonyl (C=O) groups is 2. The fourth-order valence-corrected chi connectivity index (χ4v) is 4.59. The number of rotatable bonds is 10. The number of carbonyl (C=O) groups excluding carboxylic acids is 2. The maximum absolute atomic E-state index is 12.7. The van der Waals surface area contributed by atoms with Crippen LogP contribution >= 0.6 is 0 Å². The van der Waals surface area contributed by atoms with E-state index in [2.05, 4.69) is 17.2 Å². The van der Waals surface area contributed by atoms with Crippen molar-refractivity contribution in [1.82, 2.24) is 5.32 Å². The van der Waals surface area contributed by atoms with Crippen LogP contribution in [-0.2, 0) is 20.9 Å². The Bertz CT molecular complexity index is 948. The molecule has 7 heteroatoms. The van der Waals surface area contributed by atoms with Crippen molar-refractivity contribution in [2.75, 3.05) is 13.7 Å². The number of esters is 1. The molecule has 0 radical (unpaired) electrons. The van der Waals surface area contributed by atoms with Gasteiger partial charge in [0.2, 0.25) is 0 Å². The second kappa shape index (κ2) is 13.0. The summed E-state index contributed by atoms with van der Waals surface area (Å²) in [5, 5.41) is 13.3. The summed E-state index contributed by atoms with van der Waals surface area (Å²) >= 11 is 0. The summed E-state index contributed by atoms with van der Waals surface area (Å²) in [6, 6.07) is 17.9. The molecule has 1 aliphatic rings. The number of aliphatic hydroxyl groups excluding tert-OH is 1. The first kappa shape index (κ1) is 25.6. The second-order valence-corrected chi connectivity index (χ2v) is 8.64. The van der Waals surface area contributed by atoms with Crippen molar-refractivity contribution in [2.45, 2.75) is 51.3 Å². The molecule has 1 saturated carbocycles. The highest BCUT2D eigenvalue weighted by atomic mass is 16.5. The van der Waals surface area contributed by atoms with Crippen molar-refractivity contribution < 1.29 is 24.2 Å². The Balaban J connectivity index is 1.73. The first-order chi connectivity index (χ1) is 16.5. The van der Waals surface area contributed by atoms with Crippen LogP contribution in [0.5, 0.6) is 0 Å². The average molecular weight is 467 g/mol. The van der Waals surface area contributed by atoms with Crippen LogP contribution in [0.4, 0.5) is 4.79 Å². The number of hydrogen-bond acceptors (Lipinski definition) is 6. The SMILES string of the molecule is CCCC1CC([C@H](N[C@@H](CO)c2ccccc2)C(=O)OC)C/C1=N/C(=O)OCc1ccccc1. The van der Waals surface area contributed by atoms with Crippen LogP contribution in [0, 0.1) is 11.8 Å². The van der Waals surface area contributed by atoms with Gasteiger partial charge in [-0.05, 0) is 42.2 Å². The fraction of sp³-hybridized carbons (Fsp3) is 0.444. The van der Waals surface area contributed by atoms with Crippen LogP contribution in [0.3, 0.4) is 0 Å². The molecule has 0 heterocycles. The van der Waals surface area contributed by atoms with Crippen molar-refractivity contribution >= 4 is 17.8 Å². The van der Waals surface area contributed by atoms with Crippen molar-refractivity contribution in [3.8, 4) is 0 Å². The summed E-state index contributed by atoms with van der Waals surface area (Å²) in [4.78, 5) is 29.5. The Morgan fingerprint density at radius 2 is 1.79 bits per heavy atom.